The molecule has 0 saturated carbocycles. The van der Waals surface area contributed by atoms with Crippen LogP contribution in [0.25, 0.3) is 11.3 Å². The van der Waals surface area contributed by atoms with E-state index in [0.29, 0.717) is 0 Å². The number of anilines is 1. The average molecular weight is 383 g/mol. The molecule has 0 fully saturated rings. The molecule has 4 nitrogen and oxygen atoms in total. The Bertz CT molecular complexity index is 1070. The lowest BCUT2D eigenvalue weighted by molar-refractivity contribution is 0.368. The van der Waals surface area contributed by atoms with Gasteiger partial charge in [0.2, 0.25) is 0 Å². The Morgan fingerprint density at radius 3 is 2.86 bits per heavy atom. The van der Waals surface area contributed by atoms with Gasteiger partial charge in [-0.15, -0.1) is 6.42 Å². The average Bonchev–Trinajstić information content (AvgIpc) is 2.73. The van der Waals surface area contributed by atoms with E-state index in [1.807, 2.05) is 32.0 Å². The number of rotatable bonds is 5. The second-order valence-electron chi connectivity index (χ2n) is 7.45. The molecule has 1 aliphatic carbocycles. The third kappa shape index (κ3) is 4.25. The minimum absolute atomic E-state index is 0.251. The Morgan fingerprint density at radius 1 is 1.14 bits per heavy atom. The van der Waals surface area contributed by atoms with E-state index in [1.165, 1.54) is 17.5 Å². The van der Waals surface area contributed by atoms with Crippen molar-refractivity contribution in [3.8, 4) is 29.4 Å². The highest BCUT2D eigenvalue weighted by molar-refractivity contribution is 5.65. The van der Waals surface area contributed by atoms with Crippen molar-refractivity contribution in [1.82, 2.24) is 9.97 Å². The number of hydrogen-bond acceptors (Lipinski definition) is 4. The molecular formula is C25H25N3O. The molecule has 1 aromatic heterocycles. The largest absolute Gasteiger partial charge is 0.481 e. The first-order chi connectivity index (χ1) is 14.1. The van der Waals surface area contributed by atoms with E-state index < -0.39 is 0 Å². The van der Waals surface area contributed by atoms with E-state index in [9.17, 15) is 0 Å². The second-order valence-corrected chi connectivity index (χ2v) is 7.45. The molecule has 0 bridgehead atoms. The predicted octanol–water partition coefficient (Wildman–Crippen LogP) is 5.26. The molecule has 3 aromatic rings. The molecule has 1 atom stereocenters. The zero-order chi connectivity index (χ0) is 20.2. The summed E-state index contributed by atoms with van der Waals surface area (Å²) in [6, 6.07) is 17.0. The predicted molar refractivity (Wildman–Crippen MR) is 117 cm³/mol. The fraction of sp³-hybridized carbons (Fsp3) is 0.280. The molecule has 146 valence electrons. The van der Waals surface area contributed by atoms with Gasteiger partial charge in [-0.05, 0) is 55.9 Å². The molecule has 1 aliphatic rings. The fourth-order valence-corrected chi connectivity index (χ4v) is 3.91. The Kier molecular flexibility index (Phi) is 5.48. The van der Waals surface area contributed by atoms with Crippen molar-refractivity contribution in [1.29, 1.82) is 0 Å². The fourth-order valence-electron chi connectivity index (χ4n) is 3.91. The Labute approximate surface area is 172 Å². The van der Waals surface area contributed by atoms with Crippen molar-refractivity contribution < 1.29 is 4.74 Å². The topological polar surface area (TPSA) is 47.0 Å². The van der Waals surface area contributed by atoms with E-state index in [-0.39, 0.29) is 12.6 Å². The first-order valence-electron chi connectivity index (χ1n) is 10.0. The lowest BCUT2D eigenvalue weighted by atomic mass is 9.88. The van der Waals surface area contributed by atoms with Crippen molar-refractivity contribution in [2.45, 2.75) is 39.2 Å². The number of hydrogen-bond donors (Lipinski definition) is 1. The zero-order valence-corrected chi connectivity index (χ0v) is 16.9. The molecule has 2 aromatic carbocycles. The number of aromatic nitrogens is 2. The van der Waals surface area contributed by atoms with Crippen molar-refractivity contribution in [2.24, 2.45) is 0 Å². The van der Waals surface area contributed by atoms with E-state index in [2.05, 4.69) is 51.5 Å². The molecule has 4 heteroatoms. The SMILES string of the molecule is C#CCOc1cc(-c2cc(N[C@@H]3CCCc4ccccc43)nc(C)n2)ccc1C. The second kappa shape index (κ2) is 8.36. The summed E-state index contributed by atoms with van der Waals surface area (Å²) in [4.78, 5) is 9.28. The highest BCUT2D eigenvalue weighted by Crippen LogP contribution is 2.33. The normalized spacial score (nSPS) is 15.3. The Hall–Kier alpha value is -3.32. The van der Waals surface area contributed by atoms with Crippen LogP contribution in [0.3, 0.4) is 0 Å². The number of aryl methyl sites for hydroxylation is 3. The highest BCUT2D eigenvalue weighted by atomic mass is 16.5. The molecule has 0 radical (unpaired) electrons. The van der Waals surface area contributed by atoms with Crippen LogP contribution in [-0.4, -0.2) is 16.6 Å². The monoisotopic (exact) mass is 383 g/mol. The highest BCUT2D eigenvalue weighted by Gasteiger charge is 2.20. The lowest BCUT2D eigenvalue weighted by Gasteiger charge is -2.27. The molecular weight excluding hydrogens is 358 g/mol. The van der Waals surface area contributed by atoms with Gasteiger partial charge in [-0.2, -0.15) is 0 Å². The first kappa shape index (κ1) is 19.0. The van der Waals surface area contributed by atoms with Crippen molar-refractivity contribution >= 4 is 5.82 Å². The summed E-state index contributed by atoms with van der Waals surface area (Å²) in [6.45, 7) is 4.18. The standard InChI is InChI=1S/C25H25N3O/c1-4-14-29-24-15-20(13-12-17(24)2)23-16-25(27-18(3)26-23)28-22-11-7-9-19-8-5-6-10-21(19)22/h1,5-6,8,10,12-13,15-16,22H,7,9,11,14H2,2-3H3,(H,26,27,28)/t22-/m1/s1. The molecule has 0 spiro atoms. The summed E-state index contributed by atoms with van der Waals surface area (Å²) in [6.07, 6.45) is 8.76. The van der Waals surface area contributed by atoms with Crippen LogP contribution < -0.4 is 10.1 Å². The molecule has 0 saturated heterocycles. The van der Waals surface area contributed by atoms with Gasteiger partial charge in [0.15, 0.2) is 0 Å². The number of benzene rings is 2. The van der Waals surface area contributed by atoms with Gasteiger partial charge < -0.3 is 10.1 Å². The number of fused-ring (bicyclic) bond motifs is 1. The van der Waals surface area contributed by atoms with Crippen LogP contribution in [0.15, 0.2) is 48.5 Å². The van der Waals surface area contributed by atoms with Crippen molar-refractivity contribution in [3.63, 3.8) is 0 Å². The summed E-state index contributed by atoms with van der Waals surface area (Å²) in [5, 5.41) is 3.64. The van der Waals surface area contributed by atoms with E-state index >= 15 is 0 Å². The summed E-state index contributed by atoms with van der Waals surface area (Å²) in [5.74, 6) is 4.89. The molecule has 1 N–H and O–H groups in total. The third-order valence-electron chi connectivity index (χ3n) is 5.32. The van der Waals surface area contributed by atoms with Crippen LogP contribution in [0.5, 0.6) is 5.75 Å². The smallest absolute Gasteiger partial charge is 0.148 e. The summed E-state index contributed by atoms with van der Waals surface area (Å²) in [7, 11) is 0. The maximum absolute atomic E-state index is 5.67. The number of ether oxygens (including phenoxy) is 1. The van der Waals surface area contributed by atoms with Gasteiger partial charge in [-0.25, -0.2) is 9.97 Å². The maximum atomic E-state index is 5.67. The molecule has 0 unspecified atom stereocenters. The van der Waals surface area contributed by atoms with Crippen molar-refractivity contribution in [3.05, 3.63) is 71.0 Å². The zero-order valence-electron chi connectivity index (χ0n) is 16.9. The Morgan fingerprint density at radius 2 is 2.00 bits per heavy atom. The van der Waals surface area contributed by atoms with Gasteiger partial charge in [0.05, 0.1) is 11.7 Å². The molecule has 0 amide bonds. The van der Waals surface area contributed by atoms with Crippen LogP contribution in [0.1, 0.15) is 41.4 Å². The van der Waals surface area contributed by atoms with Crippen LogP contribution in [0.4, 0.5) is 5.82 Å². The third-order valence-corrected chi connectivity index (χ3v) is 5.32. The van der Waals surface area contributed by atoms with Gasteiger partial charge in [0, 0.05) is 11.6 Å². The molecule has 29 heavy (non-hydrogen) atoms. The minimum Gasteiger partial charge on any atom is -0.481 e. The van der Waals surface area contributed by atoms with Crippen LogP contribution >= 0.6 is 0 Å². The maximum Gasteiger partial charge on any atom is 0.148 e. The van der Waals surface area contributed by atoms with Gasteiger partial charge in [0.25, 0.3) is 0 Å². The number of nitrogens with zero attached hydrogens (tertiary/aromatic N) is 2. The van der Waals surface area contributed by atoms with E-state index in [4.69, 9.17) is 11.2 Å². The number of terminal acetylenes is 1. The van der Waals surface area contributed by atoms with Crippen LogP contribution in [-0.2, 0) is 6.42 Å². The van der Waals surface area contributed by atoms with Crippen LogP contribution in [0, 0.1) is 26.2 Å². The van der Waals surface area contributed by atoms with Gasteiger partial charge in [-0.1, -0.05) is 42.3 Å². The summed E-state index contributed by atoms with van der Waals surface area (Å²) in [5.41, 5.74) is 5.70. The Balaban J connectivity index is 1.63. The summed E-state index contributed by atoms with van der Waals surface area (Å²) < 4.78 is 5.67. The quantitative estimate of drug-likeness (QED) is 0.610. The van der Waals surface area contributed by atoms with Gasteiger partial charge >= 0.3 is 0 Å². The molecule has 4 rings (SSSR count). The van der Waals surface area contributed by atoms with Crippen molar-refractivity contribution in [2.75, 3.05) is 11.9 Å². The molecule has 0 aliphatic heterocycles. The van der Waals surface area contributed by atoms with Gasteiger partial charge in [0.1, 0.15) is 24.0 Å². The summed E-state index contributed by atoms with van der Waals surface area (Å²) >= 11 is 0. The van der Waals surface area contributed by atoms with Crippen LogP contribution in [0.2, 0.25) is 0 Å². The molecule has 1 heterocycles. The number of nitrogens with one attached hydrogen (secondary N) is 1. The first-order valence-corrected chi connectivity index (χ1v) is 10.0. The van der Waals surface area contributed by atoms with E-state index in [0.717, 1.165) is 47.1 Å². The lowest BCUT2D eigenvalue weighted by Crippen LogP contribution is -2.18. The minimum atomic E-state index is 0.251. The van der Waals surface area contributed by atoms with E-state index in [1.54, 1.807) is 0 Å². The van der Waals surface area contributed by atoms with Gasteiger partial charge in [-0.3, -0.25) is 0 Å².